The molecule has 9 heteroatoms. The summed E-state index contributed by atoms with van der Waals surface area (Å²) in [6.45, 7) is 3.35. The van der Waals surface area contributed by atoms with E-state index in [0.29, 0.717) is 10.6 Å². The predicted molar refractivity (Wildman–Crippen MR) is 91.8 cm³/mol. The number of nitrogens with one attached hydrogen (secondary N) is 3. The maximum absolute atomic E-state index is 11.9. The van der Waals surface area contributed by atoms with Crippen LogP contribution in [0.1, 0.15) is 21.7 Å². The molecule has 132 valence electrons. The first-order valence-corrected chi connectivity index (χ1v) is 7.85. The van der Waals surface area contributed by atoms with Crippen molar-refractivity contribution in [1.29, 1.82) is 0 Å². The first-order valence-electron chi connectivity index (χ1n) is 7.47. The van der Waals surface area contributed by atoms with Crippen molar-refractivity contribution in [3.8, 4) is 0 Å². The van der Waals surface area contributed by atoms with Gasteiger partial charge in [0.05, 0.1) is 12.2 Å². The van der Waals surface area contributed by atoms with Gasteiger partial charge >= 0.3 is 0 Å². The third kappa shape index (κ3) is 5.61. The highest BCUT2D eigenvalue weighted by molar-refractivity contribution is 6.30. The molecule has 0 atom stereocenters. The smallest absolute Gasteiger partial charge is 0.260 e. The van der Waals surface area contributed by atoms with E-state index in [9.17, 15) is 14.4 Å². The van der Waals surface area contributed by atoms with Crippen LogP contribution in [0.5, 0.6) is 0 Å². The summed E-state index contributed by atoms with van der Waals surface area (Å²) >= 11 is 5.80. The average molecular weight is 364 g/mol. The van der Waals surface area contributed by atoms with E-state index in [1.807, 2.05) is 19.9 Å². The number of carbonyl (C=O) groups is 3. The van der Waals surface area contributed by atoms with Crippen LogP contribution in [0.25, 0.3) is 0 Å². The van der Waals surface area contributed by atoms with E-state index < -0.39 is 17.7 Å². The summed E-state index contributed by atoms with van der Waals surface area (Å²) in [5.41, 5.74) is 6.48. The molecule has 3 amide bonds. The molecule has 1 aromatic heterocycles. The molecule has 0 fully saturated rings. The third-order valence-corrected chi connectivity index (χ3v) is 3.47. The number of hydrogen-bond acceptors (Lipinski definition) is 4. The van der Waals surface area contributed by atoms with Crippen molar-refractivity contribution >= 4 is 29.3 Å². The van der Waals surface area contributed by atoms with Crippen molar-refractivity contribution in [3.05, 3.63) is 52.3 Å². The summed E-state index contributed by atoms with van der Waals surface area (Å²) in [5.74, 6) is -1.43. The second-order valence-electron chi connectivity index (χ2n) is 5.37. The molecule has 8 nitrogen and oxygen atoms in total. The largest absolute Gasteiger partial charge is 0.343 e. The second kappa shape index (κ2) is 8.29. The van der Waals surface area contributed by atoms with Crippen LogP contribution in [0, 0.1) is 13.8 Å². The van der Waals surface area contributed by atoms with Gasteiger partial charge in [-0.3, -0.25) is 29.9 Å². The minimum atomic E-state index is -0.558. The molecule has 0 spiro atoms. The summed E-state index contributed by atoms with van der Waals surface area (Å²) in [4.78, 5) is 35.3. The summed E-state index contributed by atoms with van der Waals surface area (Å²) in [7, 11) is 0. The van der Waals surface area contributed by atoms with Gasteiger partial charge in [0.2, 0.25) is 0 Å². The first-order chi connectivity index (χ1) is 11.8. The Labute approximate surface area is 149 Å². The van der Waals surface area contributed by atoms with Crippen LogP contribution in [0.15, 0.2) is 30.3 Å². The van der Waals surface area contributed by atoms with Gasteiger partial charge in [-0.1, -0.05) is 17.7 Å². The fourth-order valence-electron chi connectivity index (χ4n) is 2.09. The Morgan fingerprint density at radius 2 is 1.84 bits per heavy atom. The number of carbonyl (C=O) groups excluding carboxylic acids is 3. The molecule has 0 bridgehead atoms. The molecule has 0 unspecified atom stereocenters. The van der Waals surface area contributed by atoms with Crippen molar-refractivity contribution in [2.75, 3.05) is 6.54 Å². The molecule has 0 saturated heterocycles. The number of amides is 3. The molecule has 1 aromatic carbocycles. The maximum Gasteiger partial charge on any atom is 0.260 e. The zero-order chi connectivity index (χ0) is 18.4. The lowest BCUT2D eigenvalue weighted by Crippen LogP contribution is -2.47. The van der Waals surface area contributed by atoms with Crippen molar-refractivity contribution in [1.82, 2.24) is 25.9 Å². The van der Waals surface area contributed by atoms with E-state index >= 15 is 0 Å². The molecule has 0 aliphatic rings. The SMILES string of the molecule is Cc1cc(C)n(CC(=O)NNC(=O)CNC(=O)c2cccc(Cl)c2)n1. The number of hydrogen-bond donors (Lipinski definition) is 3. The Kier molecular flexibility index (Phi) is 6.13. The van der Waals surface area contributed by atoms with Gasteiger partial charge in [0.15, 0.2) is 0 Å². The Hall–Kier alpha value is -2.87. The van der Waals surface area contributed by atoms with Crippen molar-refractivity contribution in [2.24, 2.45) is 0 Å². The zero-order valence-corrected chi connectivity index (χ0v) is 14.6. The molecular formula is C16H18ClN5O3. The first kappa shape index (κ1) is 18.5. The van der Waals surface area contributed by atoms with Gasteiger partial charge in [0.1, 0.15) is 6.54 Å². The minimum absolute atomic E-state index is 0.0190. The Balaban J connectivity index is 1.74. The number of aromatic nitrogens is 2. The van der Waals surface area contributed by atoms with Crippen molar-refractivity contribution in [2.45, 2.75) is 20.4 Å². The van der Waals surface area contributed by atoms with Crippen LogP contribution in [0.2, 0.25) is 5.02 Å². The fourth-order valence-corrected chi connectivity index (χ4v) is 2.28. The van der Waals surface area contributed by atoms with Crippen LogP contribution >= 0.6 is 11.6 Å². The van der Waals surface area contributed by atoms with Crippen LogP contribution < -0.4 is 16.2 Å². The summed E-state index contributed by atoms with van der Waals surface area (Å²) in [6, 6.07) is 8.19. The summed E-state index contributed by atoms with van der Waals surface area (Å²) < 4.78 is 1.53. The molecule has 25 heavy (non-hydrogen) atoms. The van der Waals surface area contributed by atoms with Gasteiger partial charge in [-0.05, 0) is 38.1 Å². The molecule has 0 aliphatic carbocycles. The number of benzene rings is 1. The van der Waals surface area contributed by atoms with Gasteiger partial charge in [-0.15, -0.1) is 0 Å². The maximum atomic E-state index is 11.9. The van der Waals surface area contributed by atoms with Crippen LogP contribution in [0.3, 0.4) is 0 Å². The molecule has 1 heterocycles. The summed E-state index contributed by atoms with van der Waals surface area (Å²) in [5, 5.41) is 7.01. The van der Waals surface area contributed by atoms with Crippen LogP contribution in [-0.4, -0.2) is 34.0 Å². The second-order valence-corrected chi connectivity index (χ2v) is 5.81. The van der Waals surface area contributed by atoms with Crippen LogP contribution in [0.4, 0.5) is 0 Å². The van der Waals surface area contributed by atoms with Crippen LogP contribution in [-0.2, 0) is 16.1 Å². The van der Waals surface area contributed by atoms with Gasteiger partial charge < -0.3 is 5.32 Å². The monoisotopic (exact) mass is 363 g/mol. The molecular weight excluding hydrogens is 346 g/mol. The van der Waals surface area contributed by atoms with Gasteiger partial charge in [0.25, 0.3) is 17.7 Å². The molecule has 2 rings (SSSR count). The Morgan fingerprint density at radius 3 is 2.48 bits per heavy atom. The summed E-state index contributed by atoms with van der Waals surface area (Å²) in [6.07, 6.45) is 0. The van der Waals surface area contributed by atoms with Crippen molar-refractivity contribution < 1.29 is 14.4 Å². The van der Waals surface area contributed by atoms with Gasteiger partial charge in [-0.2, -0.15) is 5.10 Å². The molecule has 0 saturated carbocycles. The van der Waals surface area contributed by atoms with Crippen molar-refractivity contribution in [3.63, 3.8) is 0 Å². The number of rotatable bonds is 5. The van der Waals surface area contributed by atoms with E-state index in [4.69, 9.17) is 11.6 Å². The molecule has 2 aromatic rings. The predicted octanol–water partition coefficient (Wildman–Crippen LogP) is 0.731. The minimum Gasteiger partial charge on any atom is -0.343 e. The highest BCUT2D eigenvalue weighted by atomic mass is 35.5. The number of hydrazine groups is 1. The lowest BCUT2D eigenvalue weighted by molar-refractivity contribution is -0.128. The molecule has 0 radical (unpaired) electrons. The van der Waals surface area contributed by atoms with E-state index in [-0.39, 0.29) is 13.1 Å². The lowest BCUT2D eigenvalue weighted by Gasteiger charge is -2.09. The Morgan fingerprint density at radius 1 is 1.12 bits per heavy atom. The van der Waals surface area contributed by atoms with E-state index in [2.05, 4.69) is 21.3 Å². The normalized spacial score (nSPS) is 10.2. The van der Waals surface area contributed by atoms with Gasteiger partial charge in [0, 0.05) is 16.3 Å². The van der Waals surface area contributed by atoms with Gasteiger partial charge in [-0.25, -0.2) is 0 Å². The number of nitrogens with zero attached hydrogens (tertiary/aromatic N) is 2. The zero-order valence-electron chi connectivity index (χ0n) is 13.8. The number of aryl methyl sites for hydroxylation is 2. The highest BCUT2D eigenvalue weighted by Gasteiger charge is 2.10. The molecule has 0 aliphatic heterocycles. The Bertz CT molecular complexity index is 803. The molecule has 3 N–H and O–H groups in total. The lowest BCUT2D eigenvalue weighted by atomic mass is 10.2. The average Bonchev–Trinajstić information content (AvgIpc) is 2.88. The van der Waals surface area contributed by atoms with E-state index in [1.54, 1.807) is 18.2 Å². The third-order valence-electron chi connectivity index (χ3n) is 3.23. The van der Waals surface area contributed by atoms with E-state index in [0.717, 1.165) is 11.4 Å². The van der Waals surface area contributed by atoms with E-state index in [1.165, 1.54) is 10.7 Å². The number of halogens is 1. The highest BCUT2D eigenvalue weighted by Crippen LogP contribution is 2.10. The standard InChI is InChI=1S/C16H18ClN5O3/c1-10-6-11(2)22(21-10)9-15(24)20-19-14(23)8-18-16(25)12-4-3-5-13(17)7-12/h3-7H,8-9H2,1-2H3,(H,18,25)(H,19,23)(H,20,24). The fraction of sp³-hybridized carbons (Fsp3) is 0.250. The topological polar surface area (TPSA) is 105 Å². The quantitative estimate of drug-likeness (QED) is 0.681.